The topological polar surface area (TPSA) is 78.3 Å². The Bertz CT molecular complexity index is 1170. The van der Waals surface area contributed by atoms with Gasteiger partial charge in [0.05, 0.1) is 16.9 Å². The second-order valence-corrected chi connectivity index (χ2v) is 10.4. The number of nitrogens with zero attached hydrogens (tertiary/aromatic N) is 2. The maximum absolute atomic E-state index is 12.2. The van der Waals surface area contributed by atoms with Crippen LogP contribution < -0.4 is 5.32 Å². The number of rotatable bonds is 7. The summed E-state index contributed by atoms with van der Waals surface area (Å²) in [7, 11) is 0. The Morgan fingerprint density at radius 1 is 1.03 bits per heavy atom. The van der Waals surface area contributed by atoms with Crippen molar-refractivity contribution in [3.05, 3.63) is 99.8 Å². The van der Waals surface area contributed by atoms with Gasteiger partial charge in [-0.25, -0.2) is 0 Å². The molecule has 178 valence electrons. The van der Waals surface area contributed by atoms with Crippen LogP contribution in [0.15, 0.2) is 71.9 Å². The zero-order valence-corrected chi connectivity index (χ0v) is 20.8. The van der Waals surface area contributed by atoms with Crippen LogP contribution in [0, 0.1) is 5.41 Å². The minimum atomic E-state index is -1.38. The number of aromatic nitrogens is 2. The SMILES string of the molecule is CC(C)c1ccc([C@](O)(c2cnnc(C=C(Cl)[C@](C)(O)c3ccccc3)c2)C2(C)CNC2)cc1. The van der Waals surface area contributed by atoms with Crippen molar-refractivity contribution in [1.29, 1.82) is 0 Å². The number of aliphatic hydroxyl groups is 2. The predicted molar refractivity (Wildman–Crippen MR) is 136 cm³/mol. The maximum Gasteiger partial charge on any atom is 0.124 e. The van der Waals surface area contributed by atoms with Gasteiger partial charge in [-0.2, -0.15) is 10.2 Å². The first-order valence-corrected chi connectivity index (χ1v) is 12.0. The monoisotopic (exact) mass is 477 g/mol. The quantitative estimate of drug-likeness (QED) is 0.449. The van der Waals surface area contributed by atoms with Crippen molar-refractivity contribution in [2.45, 2.75) is 44.8 Å². The lowest BCUT2D eigenvalue weighted by molar-refractivity contribution is -0.0770. The highest BCUT2D eigenvalue weighted by atomic mass is 35.5. The lowest BCUT2D eigenvalue weighted by Crippen LogP contribution is -2.63. The van der Waals surface area contributed by atoms with Crippen molar-refractivity contribution in [3.8, 4) is 0 Å². The fraction of sp³-hybridized carbons (Fsp3) is 0.357. The number of hydrogen-bond acceptors (Lipinski definition) is 5. The second kappa shape index (κ2) is 9.23. The van der Waals surface area contributed by atoms with Crippen molar-refractivity contribution in [3.63, 3.8) is 0 Å². The summed E-state index contributed by atoms with van der Waals surface area (Å²) in [5.41, 5.74) is 0.727. The first-order valence-electron chi connectivity index (χ1n) is 11.6. The molecule has 0 amide bonds. The molecular formula is C28H32ClN3O2. The molecule has 1 fully saturated rings. The Morgan fingerprint density at radius 2 is 1.68 bits per heavy atom. The molecule has 3 aromatic rings. The third kappa shape index (κ3) is 4.29. The first kappa shape index (κ1) is 24.6. The van der Waals surface area contributed by atoms with Crippen LogP contribution in [0.25, 0.3) is 6.08 Å². The van der Waals surface area contributed by atoms with Gasteiger partial charge in [-0.15, -0.1) is 0 Å². The molecule has 0 bridgehead atoms. The Hall–Kier alpha value is -2.57. The van der Waals surface area contributed by atoms with E-state index in [1.54, 1.807) is 25.3 Å². The molecule has 0 unspecified atom stereocenters. The molecule has 2 aromatic carbocycles. The van der Waals surface area contributed by atoms with E-state index in [2.05, 4.69) is 48.4 Å². The van der Waals surface area contributed by atoms with E-state index in [-0.39, 0.29) is 5.03 Å². The van der Waals surface area contributed by atoms with Crippen molar-refractivity contribution in [1.82, 2.24) is 15.5 Å². The molecule has 1 aliphatic heterocycles. The van der Waals surface area contributed by atoms with E-state index in [4.69, 9.17) is 11.6 Å². The van der Waals surface area contributed by atoms with Gasteiger partial charge in [0.25, 0.3) is 0 Å². The minimum absolute atomic E-state index is 0.214. The van der Waals surface area contributed by atoms with Crippen LogP contribution in [0.5, 0.6) is 0 Å². The molecule has 0 radical (unpaired) electrons. The lowest BCUT2D eigenvalue weighted by Gasteiger charge is -2.52. The van der Waals surface area contributed by atoms with Crippen LogP contribution in [0.3, 0.4) is 0 Å². The van der Waals surface area contributed by atoms with Gasteiger partial charge in [0.1, 0.15) is 11.2 Å². The third-order valence-corrected chi connectivity index (χ3v) is 7.54. The average molecular weight is 478 g/mol. The Balaban J connectivity index is 1.76. The summed E-state index contributed by atoms with van der Waals surface area (Å²) >= 11 is 6.57. The van der Waals surface area contributed by atoms with Crippen LogP contribution in [0.2, 0.25) is 0 Å². The molecule has 1 aromatic heterocycles. The summed E-state index contributed by atoms with van der Waals surface area (Å²) in [6.45, 7) is 9.36. The van der Waals surface area contributed by atoms with Crippen molar-refractivity contribution in [2.75, 3.05) is 13.1 Å². The average Bonchev–Trinajstić information content (AvgIpc) is 2.82. The van der Waals surface area contributed by atoms with E-state index in [0.717, 1.165) is 5.56 Å². The highest BCUT2D eigenvalue weighted by Gasteiger charge is 2.53. The van der Waals surface area contributed by atoms with E-state index in [0.29, 0.717) is 35.8 Å². The molecule has 1 saturated heterocycles. The Labute approximate surface area is 206 Å². The number of nitrogens with one attached hydrogen (secondary N) is 1. The van der Waals surface area contributed by atoms with Crippen molar-refractivity contribution >= 4 is 17.7 Å². The summed E-state index contributed by atoms with van der Waals surface area (Å²) in [5.74, 6) is 0.405. The highest BCUT2D eigenvalue weighted by molar-refractivity contribution is 6.32. The van der Waals surface area contributed by atoms with Crippen molar-refractivity contribution < 1.29 is 10.2 Å². The summed E-state index contributed by atoms with van der Waals surface area (Å²) in [5, 5.41) is 35.2. The summed E-state index contributed by atoms with van der Waals surface area (Å²) in [6.07, 6.45) is 3.22. The van der Waals surface area contributed by atoms with E-state index in [1.807, 2.05) is 42.5 Å². The molecule has 0 saturated carbocycles. The highest BCUT2D eigenvalue weighted by Crippen LogP contribution is 2.47. The predicted octanol–water partition coefficient (Wildman–Crippen LogP) is 4.93. The van der Waals surface area contributed by atoms with E-state index in [9.17, 15) is 10.2 Å². The van der Waals surface area contributed by atoms with Gasteiger partial charge < -0.3 is 15.5 Å². The van der Waals surface area contributed by atoms with Gasteiger partial charge in [0.15, 0.2) is 0 Å². The van der Waals surface area contributed by atoms with Gasteiger partial charge in [-0.05, 0) is 41.7 Å². The van der Waals surface area contributed by atoms with Gasteiger partial charge in [0.2, 0.25) is 0 Å². The van der Waals surface area contributed by atoms with Gasteiger partial charge in [0, 0.05) is 24.1 Å². The van der Waals surface area contributed by atoms with Gasteiger partial charge >= 0.3 is 0 Å². The fourth-order valence-electron chi connectivity index (χ4n) is 4.55. The second-order valence-electron chi connectivity index (χ2n) is 9.95. The molecule has 2 atom stereocenters. The maximum atomic E-state index is 12.2. The molecule has 34 heavy (non-hydrogen) atoms. The molecule has 1 aliphatic rings. The number of hydrogen-bond donors (Lipinski definition) is 3. The summed E-state index contributed by atoms with van der Waals surface area (Å²) in [4.78, 5) is 0. The summed E-state index contributed by atoms with van der Waals surface area (Å²) < 4.78 is 0. The van der Waals surface area contributed by atoms with Crippen LogP contribution >= 0.6 is 11.6 Å². The molecule has 0 spiro atoms. The largest absolute Gasteiger partial charge is 0.380 e. The van der Waals surface area contributed by atoms with Crippen LogP contribution in [-0.4, -0.2) is 33.5 Å². The Kier molecular flexibility index (Phi) is 6.67. The molecule has 6 heteroatoms. The standard InChI is InChI=1S/C28H32ClN3O2/c1-19(2)20-10-12-22(13-11-20)28(34,26(3)17-30-18-26)23-14-24(32-31-16-23)15-25(29)27(4,33)21-8-6-5-7-9-21/h5-16,19,30,33-34H,17-18H2,1-4H3/t27-,28+/m1/s1. The molecule has 4 rings (SSSR count). The molecule has 5 nitrogen and oxygen atoms in total. The van der Waals surface area contributed by atoms with Crippen LogP contribution in [0.1, 0.15) is 61.6 Å². The summed E-state index contributed by atoms with van der Waals surface area (Å²) in [6, 6.07) is 19.2. The van der Waals surface area contributed by atoms with Gasteiger partial charge in [-0.1, -0.05) is 87.0 Å². The lowest BCUT2D eigenvalue weighted by atomic mass is 9.63. The van der Waals surface area contributed by atoms with Crippen molar-refractivity contribution in [2.24, 2.45) is 5.41 Å². The normalized spacial score (nSPS) is 19.2. The fourth-order valence-corrected chi connectivity index (χ4v) is 4.77. The molecule has 3 N–H and O–H groups in total. The first-order chi connectivity index (χ1) is 16.1. The van der Waals surface area contributed by atoms with Gasteiger partial charge in [-0.3, -0.25) is 0 Å². The Morgan fingerprint density at radius 3 is 2.24 bits per heavy atom. The zero-order valence-electron chi connectivity index (χ0n) is 20.1. The number of benzene rings is 2. The van der Waals surface area contributed by atoms with Crippen LogP contribution in [0.4, 0.5) is 0 Å². The van der Waals surface area contributed by atoms with E-state index in [1.165, 1.54) is 5.56 Å². The number of halogens is 1. The molecule has 0 aliphatic carbocycles. The van der Waals surface area contributed by atoms with Crippen LogP contribution in [-0.2, 0) is 11.2 Å². The van der Waals surface area contributed by atoms with E-state index < -0.39 is 16.6 Å². The molecule has 2 heterocycles. The molecular weight excluding hydrogens is 446 g/mol. The smallest absolute Gasteiger partial charge is 0.124 e. The minimum Gasteiger partial charge on any atom is -0.380 e. The third-order valence-electron chi connectivity index (χ3n) is 7.07. The van der Waals surface area contributed by atoms with E-state index >= 15 is 0 Å². The zero-order chi connectivity index (χ0) is 24.6.